The molecule has 0 saturated carbocycles. The SMILES string of the molecule is c1ccc2c(-c3nc(-c4ccc5ncncc5c4)nc(-c4c5ccccc5cc5ccccc45)n3)c3ccccc3cc2c1.c1ccc2cc3c(-c4nc(-c5ccc6ncncc6c5)nc(-c5cccc6cc7ccccc7cc56)n4)cccc3cc2c1.c1ccc2cc3cc(-c4nc(-c5ccc6cc7ccccc7cc6c5)nc(-c5ccc6ncnnc6c5)n4)ccc3cc2c1. The second-order valence-electron chi connectivity index (χ2n) is 33.0. The van der Waals surface area contributed by atoms with Crippen LogP contribution in [0.1, 0.15) is 0 Å². The first kappa shape index (κ1) is 76.2. The summed E-state index contributed by atoms with van der Waals surface area (Å²) >= 11 is 0. The van der Waals surface area contributed by atoms with E-state index >= 15 is 0 Å². The van der Waals surface area contributed by atoms with Crippen molar-refractivity contribution in [1.82, 2.24) is 80.0 Å². The predicted molar refractivity (Wildman–Crippen MR) is 536 cm³/mol. The molecule has 132 heavy (non-hydrogen) atoms. The Kier molecular flexibility index (Phi) is 18.5. The number of nitrogens with zero attached hydrogens (tertiary/aromatic N) is 16. The number of hydrogen-bond acceptors (Lipinski definition) is 16. The van der Waals surface area contributed by atoms with E-state index in [1.54, 1.807) is 12.7 Å². The maximum atomic E-state index is 5.32. The van der Waals surface area contributed by atoms with Crippen molar-refractivity contribution < 1.29 is 0 Å². The summed E-state index contributed by atoms with van der Waals surface area (Å²) in [5, 5.41) is 37.8. The van der Waals surface area contributed by atoms with Crippen molar-refractivity contribution in [3.8, 4) is 102 Å². The van der Waals surface area contributed by atoms with Gasteiger partial charge in [0.2, 0.25) is 0 Å². The highest BCUT2D eigenvalue weighted by Crippen LogP contribution is 2.43. The maximum absolute atomic E-state index is 5.32. The molecule has 0 fully saturated rings. The second kappa shape index (κ2) is 32.0. The van der Waals surface area contributed by atoms with Crippen LogP contribution in [0.5, 0.6) is 0 Å². The van der Waals surface area contributed by atoms with Crippen LogP contribution in [-0.2, 0) is 0 Å². The van der Waals surface area contributed by atoms with E-state index < -0.39 is 0 Å². The topological polar surface area (TPSA) is 206 Å². The number of aromatic nitrogens is 16. The molecule has 0 aliphatic rings. The summed E-state index contributed by atoms with van der Waals surface area (Å²) in [7, 11) is 0. The summed E-state index contributed by atoms with van der Waals surface area (Å²) in [6, 6.07) is 133. The molecular weight excluding hydrogens is 1620 g/mol. The van der Waals surface area contributed by atoms with Crippen LogP contribution in [0.15, 0.2) is 414 Å². The van der Waals surface area contributed by atoms with E-state index in [9.17, 15) is 0 Å². The third-order valence-corrected chi connectivity index (χ3v) is 25.0. The van der Waals surface area contributed by atoms with Crippen LogP contribution in [0.4, 0.5) is 0 Å². The summed E-state index contributed by atoms with van der Waals surface area (Å²) < 4.78 is 0. The van der Waals surface area contributed by atoms with Gasteiger partial charge in [-0.05, 0) is 257 Å². The van der Waals surface area contributed by atoms with Crippen molar-refractivity contribution in [3.63, 3.8) is 0 Å². The largest absolute Gasteiger partial charge is 0.244 e. The summed E-state index contributed by atoms with van der Waals surface area (Å²) in [6.07, 6.45) is 8.23. The van der Waals surface area contributed by atoms with E-state index in [0.717, 1.165) is 153 Å². The van der Waals surface area contributed by atoms with Gasteiger partial charge in [-0.1, -0.05) is 255 Å². The van der Waals surface area contributed by atoms with E-state index in [-0.39, 0.29) is 0 Å². The molecule has 27 aromatic rings. The minimum absolute atomic E-state index is 0.565. The van der Waals surface area contributed by atoms with Crippen LogP contribution in [0, 0.1) is 0 Å². The fourth-order valence-corrected chi connectivity index (χ4v) is 18.5. The first-order valence-corrected chi connectivity index (χ1v) is 43.6. The fourth-order valence-electron chi connectivity index (χ4n) is 18.5. The highest BCUT2D eigenvalue weighted by atomic mass is 15.1. The summed E-state index contributed by atoms with van der Waals surface area (Å²) in [4.78, 5) is 67.7. The highest BCUT2D eigenvalue weighted by Gasteiger charge is 2.24. The lowest BCUT2D eigenvalue weighted by Crippen LogP contribution is -2.02. The van der Waals surface area contributed by atoms with Gasteiger partial charge in [0, 0.05) is 73.2 Å². The minimum Gasteiger partial charge on any atom is -0.244 e. The monoisotopic (exact) mass is 1680 g/mol. The molecule has 27 rings (SSSR count). The molecule has 0 atom stereocenters. The van der Waals surface area contributed by atoms with Crippen molar-refractivity contribution in [2.75, 3.05) is 0 Å². The summed E-state index contributed by atoms with van der Waals surface area (Å²) in [5.74, 6) is 5.53. The van der Waals surface area contributed by atoms with E-state index in [4.69, 9.17) is 44.9 Å². The highest BCUT2D eigenvalue weighted by molar-refractivity contribution is 6.15. The Morgan fingerprint density at radius 2 is 0.417 bits per heavy atom. The molecule has 0 aliphatic heterocycles. The fraction of sp³-hybridized carbons (Fsp3) is 0. The lowest BCUT2D eigenvalue weighted by atomic mass is 9.95. The number of rotatable bonds is 9. The molecule has 0 N–H and O–H groups in total. The Bertz CT molecular complexity index is 8920. The number of hydrogen-bond donors (Lipinski definition) is 0. The Morgan fingerprint density at radius 1 is 0.152 bits per heavy atom. The van der Waals surface area contributed by atoms with Gasteiger partial charge in [-0.2, -0.15) is 0 Å². The van der Waals surface area contributed by atoms with Crippen molar-refractivity contribution in [2.24, 2.45) is 0 Å². The molecule has 0 bridgehead atoms. The lowest BCUT2D eigenvalue weighted by Gasteiger charge is -2.15. The molecule has 0 unspecified atom stereocenters. The molecule has 0 saturated heterocycles. The van der Waals surface area contributed by atoms with Crippen LogP contribution in [0.25, 0.3) is 265 Å². The molecular formula is C116H68N16. The molecule has 0 spiro atoms. The van der Waals surface area contributed by atoms with Crippen LogP contribution in [-0.4, -0.2) is 80.0 Å². The smallest absolute Gasteiger partial charge is 0.165 e. The van der Waals surface area contributed by atoms with Gasteiger partial charge in [0.1, 0.15) is 24.5 Å². The van der Waals surface area contributed by atoms with Gasteiger partial charge in [-0.15, -0.1) is 10.2 Å². The van der Waals surface area contributed by atoms with E-state index in [1.807, 2.05) is 60.9 Å². The van der Waals surface area contributed by atoms with Crippen LogP contribution < -0.4 is 0 Å². The zero-order valence-electron chi connectivity index (χ0n) is 70.4. The summed E-state index contributed by atoms with van der Waals surface area (Å²) in [6.45, 7) is 0. The van der Waals surface area contributed by atoms with Gasteiger partial charge in [0.05, 0.1) is 16.6 Å². The Balaban J connectivity index is 0.000000106. The molecule has 0 amide bonds. The average Bonchev–Trinajstić information content (AvgIpc) is 0.743. The molecule has 0 radical (unpaired) electrons. The third kappa shape index (κ3) is 14.1. The van der Waals surface area contributed by atoms with Crippen LogP contribution in [0.2, 0.25) is 0 Å². The van der Waals surface area contributed by atoms with Crippen molar-refractivity contribution in [3.05, 3.63) is 414 Å². The lowest BCUT2D eigenvalue weighted by molar-refractivity contribution is 1.02. The van der Waals surface area contributed by atoms with Crippen molar-refractivity contribution in [1.29, 1.82) is 0 Å². The quantitative estimate of drug-likeness (QED) is 0.123. The molecule has 6 aromatic heterocycles. The zero-order valence-corrected chi connectivity index (χ0v) is 70.4. The third-order valence-electron chi connectivity index (χ3n) is 25.0. The first-order valence-electron chi connectivity index (χ1n) is 43.6. The standard InChI is InChI=1S/2C39H23N5.C38H22N6/c1-5-13-30-24(9-1)19-25-10-2-6-14-31(25)35(30)38-42-37(28-17-18-34-29(21-28)22-40-23-41-34)43-39(44-38)36-32-15-7-3-11-26(32)20-27-12-4-8-16-33(27)36;1-3-9-26-20-34-28(17-24(26)7-1)11-5-13-32(34)38-42-37(30-15-16-36-31(19-30)22-40-23-41-36)43-39(44-38)33-14-6-12-29-18-25-8-2-4-10-27(25)21-35(29)33;1-3-7-25-17-32-19-29(11-9-27(32)15-23(25)5-1)36-41-37(43-38(42-36)31-13-14-34-35(21-31)44-40-22-39-34)30-12-10-28-16-24-6-2-4-8-26(24)18-33(28)20-30/h2*1-23H;1-22H. The normalized spacial score (nSPS) is 11.6. The van der Waals surface area contributed by atoms with Crippen molar-refractivity contribution in [2.45, 2.75) is 0 Å². The number of benzene rings is 21. The second-order valence-corrected chi connectivity index (χ2v) is 33.0. The number of fused-ring (bicyclic) bond motifs is 15. The van der Waals surface area contributed by atoms with E-state index in [0.29, 0.717) is 57.9 Å². The molecule has 21 aromatic carbocycles. The first-order chi connectivity index (χ1) is 65.3. The Labute approximate surface area is 753 Å². The summed E-state index contributed by atoms with van der Waals surface area (Å²) in [5.41, 5.74) is 11.6. The predicted octanol–water partition coefficient (Wildman–Crippen LogP) is 27.7. The van der Waals surface area contributed by atoms with Gasteiger partial charge >= 0.3 is 0 Å². The van der Waals surface area contributed by atoms with Gasteiger partial charge in [0.25, 0.3) is 0 Å². The molecule has 0 aliphatic carbocycles. The van der Waals surface area contributed by atoms with Gasteiger partial charge in [-0.25, -0.2) is 69.8 Å². The molecule has 612 valence electrons. The van der Waals surface area contributed by atoms with Gasteiger partial charge in [-0.3, -0.25) is 0 Å². The minimum atomic E-state index is 0.565. The molecule has 6 heterocycles. The molecule has 16 heteroatoms. The maximum Gasteiger partial charge on any atom is 0.165 e. The Morgan fingerprint density at radius 3 is 0.818 bits per heavy atom. The van der Waals surface area contributed by atoms with Gasteiger partial charge in [0.15, 0.2) is 52.4 Å². The molecule has 16 nitrogen and oxygen atoms in total. The van der Waals surface area contributed by atoms with Gasteiger partial charge < -0.3 is 0 Å². The van der Waals surface area contributed by atoms with Crippen LogP contribution in [0.3, 0.4) is 0 Å². The van der Waals surface area contributed by atoms with E-state index in [2.05, 4.69) is 369 Å². The Hall–Kier alpha value is -18.3. The van der Waals surface area contributed by atoms with Crippen LogP contribution >= 0.6 is 0 Å². The van der Waals surface area contributed by atoms with Crippen molar-refractivity contribution >= 4 is 162 Å². The van der Waals surface area contributed by atoms with E-state index in [1.165, 1.54) is 60.2 Å². The average molecular weight is 1690 g/mol. The zero-order chi connectivity index (χ0) is 87.1.